The molecule has 5 nitrogen and oxygen atoms in total. The van der Waals surface area contributed by atoms with E-state index in [1.165, 1.54) is 83.5 Å². The van der Waals surface area contributed by atoms with Crippen LogP contribution in [-0.2, 0) is 4.79 Å². The summed E-state index contributed by atoms with van der Waals surface area (Å²) >= 11 is 0. The second-order valence-corrected chi connectivity index (χ2v) is 10.5. The summed E-state index contributed by atoms with van der Waals surface area (Å²) < 4.78 is 16.5. The number of esters is 1. The van der Waals surface area contributed by atoms with Crippen molar-refractivity contribution in [3.05, 3.63) is 59.4 Å². The maximum Gasteiger partial charge on any atom is 0.311 e. The number of hydrogen-bond donors (Lipinski definition) is 0. The van der Waals surface area contributed by atoms with Crippen LogP contribution in [0.15, 0.2) is 48.2 Å². The first-order valence-electron chi connectivity index (χ1n) is 15.0. The molecule has 5 heteroatoms. The van der Waals surface area contributed by atoms with Gasteiger partial charge in [0.05, 0.1) is 12.7 Å². The summed E-state index contributed by atoms with van der Waals surface area (Å²) in [5.74, 6) is 1.38. The summed E-state index contributed by atoms with van der Waals surface area (Å²) in [6.07, 6.45) is 21.5. The molecular weight excluding hydrogens is 488 g/mol. The average Bonchev–Trinajstić information content (AvgIpc) is 3.25. The van der Waals surface area contributed by atoms with Gasteiger partial charge in [-0.2, -0.15) is 0 Å². The Bertz CT molecular complexity index is 1050. The van der Waals surface area contributed by atoms with Gasteiger partial charge in [0.2, 0.25) is 5.78 Å². The minimum Gasteiger partial charge on any atom is -0.497 e. The lowest BCUT2D eigenvalue weighted by molar-refractivity contribution is -0.134. The number of carbonyl (C=O) groups excluding carboxylic acids is 2. The lowest BCUT2D eigenvalue weighted by atomic mass is 10.0. The Kier molecular flexibility index (Phi) is 13.7. The Morgan fingerprint density at radius 1 is 0.744 bits per heavy atom. The normalized spacial score (nSPS) is 13.4. The zero-order valence-corrected chi connectivity index (χ0v) is 24.0. The number of carbonyl (C=O) groups is 2. The van der Waals surface area contributed by atoms with Gasteiger partial charge >= 0.3 is 5.97 Å². The highest BCUT2D eigenvalue weighted by Crippen LogP contribution is 2.35. The molecule has 1 aliphatic heterocycles. The van der Waals surface area contributed by atoms with Crippen molar-refractivity contribution in [3.63, 3.8) is 0 Å². The highest BCUT2D eigenvalue weighted by atomic mass is 16.5. The predicted molar refractivity (Wildman–Crippen MR) is 158 cm³/mol. The summed E-state index contributed by atoms with van der Waals surface area (Å²) in [6.45, 7) is 2.27. The van der Waals surface area contributed by atoms with Gasteiger partial charge in [-0.3, -0.25) is 9.59 Å². The topological polar surface area (TPSA) is 61.8 Å². The Balaban J connectivity index is 1.26. The van der Waals surface area contributed by atoms with Crippen molar-refractivity contribution in [2.75, 3.05) is 7.11 Å². The summed E-state index contributed by atoms with van der Waals surface area (Å²) in [4.78, 5) is 25.0. The van der Waals surface area contributed by atoms with Crippen molar-refractivity contribution >= 4 is 17.8 Å². The van der Waals surface area contributed by atoms with E-state index in [0.29, 0.717) is 23.5 Å². The van der Waals surface area contributed by atoms with Crippen molar-refractivity contribution in [3.8, 4) is 17.2 Å². The number of ketones is 1. The van der Waals surface area contributed by atoms with Crippen molar-refractivity contribution < 1.29 is 23.8 Å². The minimum atomic E-state index is -0.247. The number of unbranched alkanes of at least 4 members (excludes halogenated alkanes) is 14. The second-order valence-electron chi connectivity index (χ2n) is 10.5. The zero-order chi connectivity index (χ0) is 27.7. The Morgan fingerprint density at radius 2 is 1.28 bits per heavy atom. The van der Waals surface area contributed by atoms with Crippen LogP contribution >= 0.6 is 0 Å². The van der Waals surface area contributed by atoms with Crippen LogP contribution in [0.3, 0.4) is 0 Å². The molecule has 2 aromatic carbocycles. The van der Waals surface area contributed by atoms with E-state index in [2.05, 4.69) is 6.92 Å². The van der Waals surface area contributed by atoms with Crippen LogP contribution in [0.4, 0.5) is 0 Å². The number of Topliss-reactive ketones (excluding diaryl/α,β-unsaturated/α-hetero) is 1. The van der Waals surface area contributed by atoms with Gasteiger partial charge in [-0.05, 0) is 42.3 Å². The van der Waals surface area contributed by atoms with Crippen LogP contribution in [0, 0.1) is 0 Å². The molecule has 0 radical (unpaired) electrons. The number of allylic oxidation sites excluding steroid dienone is 1. The fourth-order valence-electron chi connectivity index (χ4n) is 4.91. The maximum atomic E-state index is 12.7. The number of rotatable bonds is 19. The van der Waals surface area contributed by atoms with Gasteiger partial charge in [0, 0.05) is 12.5 Å². The average molecular weight is 535 g/mol. The Hall–Kier alpha value is -3.08. The molecule has 2 aromatic rings. The summed E-state index contributed by atoms with van der Waals surface area (Å²) in [6, 6.07) is 12.3. The number of ether oxygens (including phenoxy) is 3. The van der Waals surface area contributed by atoms with Crippen LogP contribution in [0.5, 0.6) is 17.2 Å². The molecule has 0 aliphatic carbocycles. The fraction of sp³-hybridized carbons (Fsp3) is 0.529. The first-order chi connectivity index (χ1) is 19.1. The van der Waals surface area contributed by atoms with E-state index in [4.69, 9.17) is 14.2 Å². The standard InChI is InChI=1S/C34H46O5/c1-3-4-5-6-7-8-9-10-11-12-13-14-15-16-17-18-33(35)38-29-23-24-30-31(26-29)39-32(34(30)36)25-27-19-21-28(37-2)22-20-27/h19-26H,3-18H2,1-2H3/b32-25-. The first-order valence-corrected chi connectivity index (χ1v) is 15.0. The number of hydrogen-bond acceptors (Lipinski definition) is 5. The molecule has 1 heterocycles. The molecule has 0 atom stereocenters. The molecule has 1 aliphatic rings. The van der Waals surface area contributed by atoms with E-state index in [9.17, 15) is 9.59 Å². The van der Waals surface area contributed by atoms with Crippen LogP contribution in [0.1, 0.15) is 126 Å². The largest absolute Gasteiger partial charge is 0.497 e. The van der Waals surface area contributed by atoms with Crippen LogP contribution in [-0.4, -0.2) is 18.9 Å². The minimum absolute atomic E-state index is 0.184. The molecule has 0 fully saturated rings. The highest BCUT2D eigenvalue weighted by Gasteiger charge is 2.28. The molecule has 0 N–H and O–H groups in total. The molecule has 0 amide bonds. The van der Waals surface area contributed by atoms with E-state index in [1.807, 2.05) is 24.3 Å². The van der Waals surface area contributed by atoms with Crippen LogP contribution in [0.25, 0.3) is 6.08 Å². The molecule has 0 aromatic heterocycles. The maximum absolute atomic E-state index is 12.7. The van der Waals surface area contributed by atoms with E-state index in [1.54, 1.807) is 31.4 Å². The van der Waals surface area contributed by atoms with Crippen molar-refractivity contribution in [1.82, 2.24) is 0 Å². The summed E-state index contributed by atoms with van der Waals surface area (Å²) in [5, 5.41) is 0. The Labute approximate surface area is 234 Å². The monoisotopic (exact) mass is 534 g/mol. The summed E-state index contributed by atoms with van der Waals surface area (Å²) in [7, 11) is 1.61. The van der Waals surface area contributed by atoms with Crippen molar-refractivity contribution in [2.24, 2.45) is 0 Å². The second kappa shape index (κ2) is 17.5. The molecule has 0 saturated heterocycles. The number of benzene rings is 2. The third-order valence-corrected chi connectivity index (χ3v) is 7.27. The molecule has 0 saturated carbocycles. The molecule has 0 spiro atoms. The lowest BCUT2D eigenvalue weighted by Gasteiger charge is -2.06. The molecule has 3 rings (SSSR count). The highest BCUT2D eigenvalue weighted by molar-refractivity contribution is 6.14. The van der Waals surface area contributed by atoms with E-state index >= 15 is 0 Å². The van der Waals surface area contributed by atoms with Crippen LogP contribution < -0.4 is 14.2 Å². The van der Waals surface area contributed by atoms with E-state index < -0.39 is 0 Å². The van der Waals surface area contributed by atoms with Gasteiger partial charge in [-0.15, -0.1) is 0 Å². The van der Waals surface area contributed by atoms with E-state index in [-0.39, 0.29) is 17.5 Å². The molecular formula is C34H46O5. The van der Waals surface area contributed by atoms with Crippen LogP contribution in [0.2, 0.25) is 0 Å². The smallest absolute Gasteiger partial charge is 0.311 e. The van der Waals surface area contributed by atoms with Crippen molar-refractivity contribution in [2.45, 2.75) is 110 Å². The molecule has 0 bridgehead atoms. The van der Waals surface area contributed by atoms with Gasteiger partial charge in [-0.1, -0.05) is 109 Å². The zero-order valence-electron chi connectivity index (χ0n) is 24.0. The van der Waals surface area contributed by atoms with Gasteiger partial charge in [0.1, 0.15) is 17.2 Å². The fourth-order valence-corrected chi connectivity index (χ4v) is 4.91. The Morgan fingerprint density at radius 3 is 1.85 bits per heavy atom. The molecule has 0 unspecified atom stereocenters. The van der Waals surface area contributed by atoms with Crippen molar-refractivity contribution in [1.29, 1.82) is 0 Å². The SMILES string of the molecule is CCCCCCCCCCCCCCCCCC(=O)Oc1ccc2c(c1)O/C(=C\c1ccc(OC)cc1)C2=O. The van der Waals surface area contributed by atoms with Gasteiger partial charge in [0.15, 0.2) is 5.76 Å². The number of fused-ring (bicyclic) bond motifs is 1. The predicted octanol–water partition coefficient (Wildman–Crippen LogP) is 9.48. The molecule has 39 heavy (non-hydrogen) atoms. The number of methoxy groups -OCH3 is 1. The third-order valence-electron chi connectivity index (χ3n) is 7.27. The van der Waals surface area contributed by atoms with Gasteiger partial charge in [0.25, 0.3) is 0 Å². The quantitative estimate of drug-likeness (QED) is 0.0777. The van der Waals surface area contributed by atoms with E-state index in [0.717, 1.165) is 24.2 Å². The lowest BCUT2D eigenvalue weighted by Crippen LogP contribution is -2.07. The first kappa shape index (κ1) is 30.5. The van der Waals surface area contributed by atoms with Gasteiger partial charge < -0.3 is 14.2 Å². The van der Waals surface area contributed by atoms with Gasteiger partial charge in [-0.25, -0.2) is 0 Å². The summed E-state index contributed by atoms with van der Waals surface area (Å²) in [5.41, 5.74) is 1.30. The third kappa shape index (κ3) is 10.9. The molecule has 212 valence electrons.